The fourth-order valence-electron chi connectivity index (χ4n) is 1.51. The SMILES string of the molecule is CCCC(O)CNc1cc(C)c(F)cc1N. The zero-order valence-electron chi connectivity index (χ0n) is 9.76. The van der Waals surface area contributed by atoms with Crippen LogP contribution in [0.5, 0.6) is 0 Å². The lowest BCUT2D eigenvalue weighted by Crippen LogP contribution is -2.19. The Balaban J connectivity index is 2.63. The van der Waals surface area contributed by atoms with Gasteiger partial charge in [-0.1, -0.05) is 13.3 Å². The van der Waals surface area contributed by atoms with Crippen LogP contribution in [0.25, 0.3) is 0 Å². The van der Waals surface area contributed by atoms with Crippen LogP contribution in [0.15, 0.2) is 12.1 Å². The van der Waals surface area contributed by atoms with Crippen molar-refractivity contribution in [3.05, 3.63) is 23.5 Å². The predicted molar refractivity (Wildman–Crippen MR) is 65.0 cm³/mol. The highest BCUT2D eigenvalue weighted by atomic mass is 19.1. The molecule has 0 saturated heterocycles. The molecule has 16 heavy (non-hydrogen) atoms. The van der Waals surface area contributed by atoms with Crippen LogP contribution in [0, 0.1) is 12.7 Å². The molecule has 1 rings (SSSR count). The lowest BCUT2D eigenvalue weighted by Gasteiger charge is -2.14. The van der Waals surface area contributed by atoms with E-state index in [9.17, 15) is 9.50 Å². The van der Waals surface area contributed by atoms with E-state index in [2.05, 4.69) is 5.32 Å². The lowest BCUT2D eigenvalue weighted by molar-refractivity contribution is 0.176. The van der Waals surface area contributed by atoms with E-state index in [4.69, 9.17) is 5.73 Å². The third-order valence-corrected chi connectivity index (χ3v) is 2.48. The maximum atomic E-state index is 13.1. The largest absolute Gasteiger partial charge is 0.397 e. The van der Waals surface area contributed by atoms with Gasteiger partial charge in [-0.15, -0.1) is 0 Å². The smallest absolute Gasteiger partial charge is 0.128 e. The van der Waals surface area contributed by atoms with E-state index in [0.29, 0.717) is 23.5 Å². The number of hydrogen-bond donors (Lipinski definition) is 3. The molecular weight excluding hydrogens is 207 g/mol. The number of nitrogens with one attached hydrogen (secondary N) is 1. The summed E-state index contributed by atoms with van der Waals surface area (Å²) in [4.78, 5) is 0. The Labute approximate surface area is 95.5 Å². The van der Waals surface area contributed by atoms with E-state index < -0.39 is 6.10 Å². The number of nitrogen functional groups attached to an aromatic ring is 1. The highest BCUT2D eigenvalue weighted by molar-refractivity contribution is 5.67. The maximum absolute atomic E-state index is 13.1. The van der Waals surface area contributed by atoms with Crippen LogP contribution in [0.3, 0.4) is 0 Å². The van der Waals surface area contributed by atoms with Gasteiger partial charge in [0.2, 0.25) is 0 Å². The van der Waals surface area contributed by atoms with E-state index in [1.54, 1.807) is 13.0 Å². The molecule has 1 atom stereocenters. The number of aliphatic hydroxyl groups is 1. The van der Waals surface area contributed by atoms with E-state index >= 15 is 0 Å². The van der Waals surface area contributed by atoms with Crippen LogP contribution >= 0.6 is 0 Å². The van der Waals surface area contributed by atoms with Gasteiger partial charge in [0.1, 0.15) is 5.82 Å². The average molecular weight is 226 g/mol. The molecule has 0 bridgehead atoms. The van der Waals surface area contributed by atoms with Crippen molar-refractivity contribution in [1.82, 2.24) is 0 Å². The number of rotatable bonds is 5. The average Bonchev–Trinajstić information content (AvgIpc) is 2.22. The van der Waals surface area contributed by atoms with Gasteiger partial charge >= 0.3 is 0 Å². The third kappa shape index (κ3) is 3.38. The number of aryl methyl sites for hydroxylation is 1. The van der Waals surface area contributed by atoms with Gasteiger partial charge in [-0.2, -0.15) is 0 Å². The molecule has 90 valence electrons. The summed E-state index contributed by atoms with van der Waals surface area (Å²) >= 11 is 0. The topological polar surface area (TPSA) is 58.3 Å². The summed E-state index contributed by atoms with van der Waals surface area (Å²) < 4.78 is 13.1. The van der Waals surface area contributed by atoms with Crippen molar-refractivity contribution in [3.63, 3.8) is 0 Å². The number of aliphatic hydroxyl groups excluding tert-OH is 1. The first kappa shape index (κ1) is 12.8. The first-order valence-corrected chi connectivity index (χ1v) is 5.52. The van der Waals surface area contributed by atoms with E-state index in [1.165, 1.54) is 6.07 Å². The van der Waals surface area contributed by atoms with Gasteiger partial charge < -0.3 is 16.2 Å². The molecule has 0 aromatic heterocycles. The summed E-state index contributed by atoms with van der Waals surface area (Å²) in [6.45, 7) is 4.13. The molecule has 4 heteroatoms. The second kappa shape index (κ2) is 5.70. The summed E-state index contributed by atoms with van der Waals surface area (Å²) in [6, 6.07) is 2.95. The summed E-state index contributed by atoms with van der Waals surface area (Å²) in [7, 11) is 0. The third-order valence-electron chi connectivity index (χ3n) is 2.48. The number of anilines is 2. The van der Waals surface area contributed by atoms with E-state index in [1.807, 2.05) is 6.92 Å². The van der Waals surface area contributed by atoms with E-state index in [0.717, 1.165) is 12.8 Å². The van der Waals surface area contributed by atoms with Crippen molar-refractivity contribution < 1.29 is 9.50 Å². The highest BCUT2D eigenvalue weighted by Crippen LogP contribution is 2.22. The Kier molecular flexibility index (Phi) is 4.55. The van der Waals surface area contributed by atoms with Crippen molar-refractivity contribution in [2.75, 3.05) is 17.6 Å². The number of benzene rings is 1. The van der Waals surface area contributed by atoms with Crippen molar-refractivity contribution in [2.24, 2.45) is 0 Å². The van der Waals surface area contributed by atoms with Crippen LogP contribution in [0.1, 0.15) is 25.3 Å². The molecule has 0 fully saturated rings. The molecule has 3 nitrogen and oxygen atoms in total. The minimum Gasteiger partial charge on any atom is -0.397 e. The minimum atomic E-state index is -0.394. The molecule has 0 aliphatic carbocycles. The molecule has 0 aliphatic rings. The molecule has 1 aromatic carbocycles. The Morgan fingerprint density at radius 3 is 2.81 bits per heavy atom. The Morgan fingerprint density at radius 2 is 2.19 bits per heavy atom. The number of halogens is 1. The summed E-state index contributed by atoms with van der Waals surface area (Å²) in [6.07, 6.45) is 1.28. The van der Waals surface area contributed by atoms with Crippen LogP contribution in [-0.4, -0.2) is 17.8 Å². The number of hydrogen-bond acceptors (Lipinski definition) is 3. The number of nitrogens with two attached hydrogens (primary N) is 1. The van der Waals surface area contributed by atoms with Gasteiger partial charge in [-0.25, -0.2) is 4.39 Å². The monoisotopic (exact) mass is 226 g/mol. The standard InChI is InChI=1S/C12H19FN2O/c1-3-4-9(16)7-15-12-5-8(2)10(13)6-11(12)14/h5-6,9,15-16H,3-4,7,14H2,1-2H3. The van der Waals surface area contributed by atoms with Gasteiger partial charge in [-0.3, -0.25) is 0 Å². The molecule has 0 heterocycles. The normalized spacial score (nSPS) is 12.5. The molecule has 1 aromatic rings. The van der Waals surface area contributed by atoms with Crippen molar-refractivity contribution in [1.29, 1.82) is 0 Å². The molecular formula is C12H19FN2O. The second-order valence-corrected chi connectivity index (χ2v) is 4.01. The quantitative estimate of drug-likeness (QED) is 0.675. The second-order valence-electron chi connectivity index (χ2n) is 4.01. The highest BCUT2D eigenvalue weighted by Gasteiger charge is 2.07. The molecule has 0 saturated carbocycles. The Bertz CT molecular complexity index is 355. The first-order chi connectivity index (χ1) is 7.54. The van der Waals surface area contributed by atoms with Crippen LogP contribution in [0.2, 0.25) is 0 Å². The maximum Gasteiger partial charge on any atom is 0.128 e. The fourth-order valence-corrected chi connectivity index (χ4v) is 1.51. The van der Waals surface area contributed by atoms with Gasteiger partial charge in [0.05, 0.1) is 17.5 Å². The van der Waals surface area contributed by atoms with Gasteiger partial charge in [0.25, 0.3) is 0 Å². The first-order valence-electron chi connectivity index (χ1n) is 5.52. The summed E-state index contributed by atoms with van der Waals surface area (Å²) in [5, 5.41) is 12.6. The minimum absolute atomic E-state index is 0.308. The summed E-state index contributed by atoms with van der Waals surface area (Å²) in [5.41, 5.74) is 7.25. The van der Waals surface area contributed by atoms with Crippen molar-refractivity contribution in [3.8, 4) is 0 Å². The molecule has 4 N–H and O–H groups in total. The molecule has 0 radical (unpaired) electrons. The predicted octanol–water partition coefficient (Wildman–Crippen LogP) is 2.29. The molecule has 0 spiro atoms. The van der Waals surface area contributed by atoms with Crippen LogP contribution in [-0.2, 0) is 0 Å². The fraction of sp³-hybridized carbons (Fsp3) is 0.500. The van der Waals surface area contributed by atoms with Crippen LogP contribution in [0.4, 0.5) is 15.8 Å². The summed E-state index contributed by atoms with van der Waals surface area (Å²) in [5.74, 6) is -0.308. The van der Waals surface area contributed by atoms with Crippen LogP contribution < -0.4 is 11.1 Å². The van der Waals surface area contributed by atoms with Gasteiger partial charge in [-0.05, 0) is 31.0 Å². The lowest BCUT2D eigenvalue weighted by atomic mass is 10.1. The zero-order chi connectivity index (χ0) is 12.1. The van der Waals surface area contributed by atoms with Crippen molar-refractivity contribution in [2.45, 2.75) is 32.8 Å². The van der Waals surface area contributed by atoms with E-state index in [-0.39, 0.29) is 5.82 Å². The van der Waals surface area contributed by atoms with Crippen molar-refractivity contribution >= 4 is 11.4 Å². The molecule has 0 amide bonds. The zero-order valence-corrected chi connectivity index (χ0v) is 9.76. The Hall–Kier alpha value is -1.29. The van der Waals surface area contributed by atoms with Gasteiger partial charge in [0, 0.05) is 6.54 Å². The van der Waals surface area contributed by atoms with Gasteiger partial charge in [0.15, 0.2) is 0 Å². The molecule has 1 unspecified atom stereocenters. The molecule has 0 aliphatic heterocycles. The Morgan fingerprint density at radius 1 is 1.50 bits per heavy atom.